The number of anilines is 2. The number of nitrogens with zero attached hydrogens (tertiary/aromatic N) is 4. The van der Waals surface area contributed by atoms with E-state index in [1.54, 1.807) is 24.3 Å². The number of sulfonamides is 2. The number of likely N-dealkylation sites (tertiary alicyclic amines) is 1. The lowest BCUT2D eigenvalue weighted by Gasteiger charge is -2.31. The Balaban J connectivity index is 0.000000213. The van der Waals surface area contributed by atoms with Crippen molar-refractivity contribution in [3.05, 3.63) is 131 Å². The van der Waals surface area contributed by atoms with Gasteiger partial charge >= 0.3 is 12.2 Å². The molecule has 4 aromatic rings. The second kappa shape index (κ2) is 33.5. The van der Waals surface area contributed by atoms with Crippen LogP contribution in [0.15, 0.2) is 119 Å². The molecule has 0 bridgehead atoms. The van der Waals surface area contributed by atoms with Gasteiger partial charge in [0.2, 0.25) is 20.0 Å². The van der Waals surface area contributed by atoms with E-state index in [0.29, 0.717) is 46.9 Å². The molecule has 0 saturated carbocycles. The third kappa shape index (κ3) is 18.1. The van der Waals surface area contributed by atoms with Crippen LogP contribution in [0.25, 0.3) is 11.1 Å². The number of aliphatic hydroxyl groups excluding tert-OH is 2. The highest BCUT2D eigenvalue weighted by Crippen LogP contribution is 2.40. The first-order valence-electron chi connectivity index (χ1n) is 34.7. The van der Waals surface area contributed by atoms with Crippen molar-refractivity contribution in [2.75, 3.05) is 89.4 Å². The molecule has 0 radical (unpaired) electrons. The van der Waals surface area contributed by atoms with E-state index in [9.17, 15) is 46.2 Å². The van der Waals surface area contributed by atoms with E-state index < -0.39 is 68.7 Å². The van der Waals surface area contributed by atoms with Gasteiger partial charge in [-0.3, -0.25) is 9.59 Å². The molecule has 11 rings (SSSR count). The van der Waals surface area contributed by atoms with Gasteiger partial charge in [0.25, 0.3) is 11.8 Å². The van der Waals surface area contributed by atoms with Gasteiger partial charge in [0, 0.05) is 86.8 Å². The molecule has 26 heteroatoms. The Kier molecular flexibility index (Phi) is 25.2. The van der Waals surface area contributed by atoms with Crippen LogP contribution in [-0.2, 0) is 70.9 Å². The highest BCUT2D eigenvalue weighted by molar-refractivity contribution is 7.89. The number of rotatable bonds is 28. The van der Waals surface area contributed by atoms with Gasteiger partial charge in [-0.2, -0.15) is 8.61 Å². The van der Waals surface area contributed by atoms with E-state index >= 15 is 0 Å². The largest absolute Gasteiger partial charge is 0.443 e. The zero-order chi connectivity index (χ0) is 69.8. The maximum Gasteiger partial charge on any atom is 0.407 e. The molecular weight excluding hydrogens is 1300 g/mol. The van der Waals surface area contributed by atoms with Crippen LogP contribution in [0.2, 0.25) is 0 Å². The number of carbonyl (C=O) groups excluding carboxylic acids is 4. The average Bonchev–Trinajstić information content (AvgIpc) is 0.965. The normalized spacial score (nSPS) is 23.3. The number of fused-ring (bicyclic) bond motifs is 4. The quantitative estimate of drug-likeness (QED) is 0.0292. The fourth-order valence-corrected chi connectivity index (χ4v) is 17.2. The first-order valence-corrected chi connectivity index (χ1v) is 37.6. The van der Waals surface area contributed by atoms with E-state index in [2.05, 4.69) is 44.9 Å². The second-order valence-electron chi connectivity index (χ2n) is 27.3. The van der Waals surface area contributed by atoms with Gasteiger partial charge < -0.3 is 69.7 Å². The minimum Gasteiger partial charge on any atom is -0.443 e. The van der Waals surface area contributed by atoms with E-state index in [-0.39, 0.29) is 110 Å². The molecule has 7 aliphatic rings. The standard InChI is InChI=1S/C37H52N4O8S.C35H46N4O8S/c1-6-16-40(17-7-2)25(5)34-29-20-27(13-14-30(29)38-35(34)43)50(45,46)41(21-24(3)4)22-32(42)31(19-26-11-9-8-10-12-26)39-37(44)49-33-23-48-36-28(33)15-18-47-36;1-23(2)19-39(48(43,44)25-11-12-29-27(18-25)28(33(41)36-29)20-38-14-7-4-8-15-38)21-31(40)30(17-24-9-5-3-6-10-24)37-35(42)47-32-22-46-34-26(32)13-16-45-34/h8-14,20,24,28,31-33,36,42H,6-7,15-19,21-23H2,1-5H3,(H,38,43)(H,39,44);3,5-6,9-12,18,20,23,26,30-32,34,40H,4,7-8,13-17,19,21-22H2,1-2H3,(H,36,41)(H,37,42). The van der Waals surface area contributed by atoms with E-state index in [1.165, 1.54) is 20.7 Å². The molecule has 5 saturated heterocycles. The third-order valence-electron chi connectivity index (χ3n) is 18.8. The van der Waals surface area contributed by atoms with Crippen molar-refractivity contribution < 1.29 is 74.6 Å². The van der Waals surface area contributed by atoms with Gasteiger partial charge in [-0.05, 0) is 124 Å². The maximum atomic E-state index is 14.4. The topological polar surface area (TPSA) is 293 Å². The summed E-state index contributed by atoms with van der Waals surface area (Å²) in [5, 5.41) is 34.7. The van der Waals surface area contributed by atoms with Gasteiger partial charge in [0.1, 0.15) is 12.2 Å². The Morgan fingerprint density at radius 2 is 1.07 bits per heavy atom. The Labute approximate surface area is 576 Å². The lowest BCUT2D eigenvalue weighted by Crippen LogP contribution is -2.51. The number of nitrogens with one attached hydrogen (secondary N) is 4. The predicted molar refractivity (Wildman–Crippen MR) is 370 cm³/mol. The molecule has 0 aliphatic carbocycles. The highest BCUT2D eigenvalue weighted by atomic mass is 32.2. The zero-order valence-corrected chi connectivity index (χ0v) is 58.9. The van der Waals surface area contributed by atoms with Crippen LogP contribution in [0.1, 0.15) is 116 Å². The van der Waals surface area contributed by atoms with Gasteiger partial charge in [-0.25, -0.2) is 26.4 Å². The van der Waals surface area contributed by atoms with Crippen LogP contribution >= 0.6 is 0 Å². The summed E-state index contributed by atoms with van der Waals surface area (Å²) in [6.45, 7) is 18.2. The molecule has 24 nitrogen and oxygen atoms in total. The number of piperidine rings is 1. The number of ether oxygens (including phenoxy) is 6. The number of carbonyl (C=O) groups is 4. The number of aliphatic hydroxyl groups is 2. The molecule has 0 aromatic heterocycles. The summed E-state index contributed by atoms with van der Waals surface area (Å²) in [5.41, 5.74) is 5.60. The third-order valence-corrected chi connectivity index (χ3v) is 22.5. The summed E-state index contributed by atoms with van der Waals surface area (Å²) in [6.07, 6.45) is 3.12. The molecule has 98 heavy (non-hydrogen) atoms. The number of benzene rings is 4. The van der Waals surface area contributed by atoms with Crippen molar-refractivity contribution in [2.24, 2.45) is 23.7 Å². The Hall–Kier alpha value is -6.98. The van der Waals surface area contributed by atoms with Crippen molar-refractivity contribution in [3.63, 3.8) is 0 Å². The number of hydrogen-bond donors (Lipinski definition) is 6. The minimum absolute atomic E-state index is 0.0185. The monoisotopic (exact) mass is 1390 g/mol. The molecule has 10 atom stereocenters. The van der Waals surface area contributed by atoms with Crippen LogP contribution in [0.5, 0.6) is 0 Å². The first kappa shape index (κ1) is 73.7. The first-order chi connectivity index (χ1) is 47.0. The van der Waals surface area contributed by atoms with Crippen LogP contribution < -0.4 is 21.3 Å². The van der Waals surface area contributed by atoms with Crippen molar-refractivity contribution in [1.29, 1.82) is 0 Å². The number of alkyl carbamates (subject to hydrolysis) is 2. The van der Waals surface area contributed by atoms with Gasteiger partial charge in [0.05, 0.1) is 83.5 Å². The Bertz CT molecular complexity index is 3700. The summed E-state index contributed by atoms with van der Waals surface area (Å²) >= 11 is 0. The Morgan fingerprint density at radius 1 is 0.622 bits per heavy atom. The number of allylic oxidation sites excluding steroid dienone is 1. The molecule has 5 fully saturated rings. The van der Waals surface area contributed by atoms with Crippen molar-refractivity contribution in [1.82, 2.24) is 29.0 Å². The van der Waals surface area contributed by atoms with Crippen LogP contribution in [0.3, 0.4) is 0 Å². The summed E-state index contributed by atoms with van der Waals surface area (Å²) in [4.78, 5) is 56.8. The molecule has 7 aliphatic heterocycles. The molecule has 4 aromatic carbocycles. The molecule has 10 unspecified atom stereocenters. The summed E-state index contributed by atoms with van der Waals surface area (Å²) < 4.78 is 93.6. The number of hydrogen-bond acceptors (Lipinski definition) is 18. The summed E-state index contributed by atoms with van der Waals surface area (Å²) in [6, 6.07) is 26.3. The number of amides is 4. The second-order valence-corrected chi connectivity index (χ2v) is 31.2. The van der Waals surface area contributed by atoms with Crippen molar-refractivity contribution in [2.45, 2.75) is 165 Å². The lowest BCUT2D eigenvalue weighted by atomic mass is 10.0. The molecule has 7 heterocycles. The van der Waals surface area contributed by atoms with Gasteiger partial charge in [0.15, 0.2) is 12.6 Å². The highest BCUT2D eigenvalue weighted by Gasteiger charge is 2.46. The van der Waals surface area contributed by atoms with Crippen LogP contribution in [0, 0.1) is 23.7 Å². The zero-order valence-electron chi connectivity index (χ0n) is 57.3. The minimum atomic E-state index is -4.16. The van der Waals surface area contributed by atoms with Crippen molar-refractivity contribution >= 4 is 66.6 Å². The lowest BCUT2D eigenvalue weighted by molar-refractivity contribution is -0.111. The van der Waals surface area contributed by atoms with Gasteiger partial charge in [-0.1, -0.05) is 102 Å². The predicted octanol–water partition coefficient (Wildman–Crippen LogP) is 8.17. The molecule has 534 valence electrons. The fraction of sp³-hybridized carbons (Fsp3) is 0.556. The molecule has 6 N–H and O–H groups in total. The Morgan fingerprint density at radius 3 is 1.53 bits per heavy atom. The smallest absolute Gasteiger partial charge is 0.407 e. The maximum absolute atomic E-state index is 14.4. The molecular formula is C72H98N8O16S2. The van der Waals surface area contributed by atoms with E-state index in [0.717, 1.165) is 87.9 Å². The van der Waals surface area contributed by atoms with Crippen LogP contribution in [0.4, 0.5) is 21.0 Å². The van der Waals surface area contributed by atoms with Gasteiger partial charge in [-0.15, -0.1) is 0 Å². The van der Waals surface area contributed by atoms with E-state index in [1.807, 2.05) is 101 Å². The average molecular weight is 1400 g/mol. The van der Waals surface area contributed by atoms with E-state index in [4.69, 9.17) is 28.4 Å². The van der Waals surface area contributed by atoms with Crippen molar-refractivity contribution in [3.8, 4) is 0 Å². The fourth-order valence-electron chi connectivity index (χ4n) is 13.9. The SMILES string of the molecule is CC(C)CN(CC(O)C(Cc1ccccc1)NC(=O)OC1COC2OCCC12)S(=O)(=O)c1ccc2c(c1)C(=CN1CCCCC1)C(=O)N2.CCCN(CCC)C(C)=C1C(=O)Nc2ccc(S(=O)(=O)N(CC(C)C)CC(O)C(Cc3ccccc3)NC(=O)OC3COC4OCCC34)cc21. The summed E-state index contributed by atoms with van der Waals surface area (Å²) in [7, 11) is -8.29. The summed E-state index contributed by atoms with van der Waals surface area (Å²) in [5.74, 6) is -0.759. The molecule has 0 spiro atoms. The van der Waals surface area contributed by atoms with Crippen LogP contribution in [-0.4, -0.2) is 197 Å². The molecule has 4 amide bonds.